The van der Waals surface area contributed by atoms with Crippen molar-refractivity contribution >= 4 is 34.8 Å². The van der Waals surface area contributed by atoms with Crippen LogP contribution in [0.1, 0.15) is 42.5 Å². The summed E-state index contributed by atoms with van der Waals surface area (Å²) >= 11 is 6.30. The summed E-state index contributed by atoms with van der Waals surface area (Å²) in [5, 5.41) is 7.46. The lowest BCUT2D eigenvalue weighted by molar-refractivity contribution is -0.125. The van der Waals surface area contributed by atoms with E-state index >= 15 is 0 Å². The molecule has 1 N–H and O–H groups in total. The van der Waals surface area contributed by atoms with E-state index in [2.05, 4.69) is 10.5 Å². The second-order valence-corrected chi connectivity index (χ2v) is 9.10. The smallest absolute Gasteiger partial charge is 0.261 e. The predicted molar refractivity (Wildman–Crippen MR) is 122 cm³/mol. The summed E-state index contributed by atoms with van der Waals surface area (Å²) in [6.07, 6.45) is 0.798. The second kappa shape index (κ2) is 7.85. The van der Waals surface area contributed by atoms with Gasteiger partial charge in [-0.15, -0.1) is 0 Å². The van der Waals surface area contributed by atoms with E-state index in [0.717, 1.165) is 17.7 Å². The van der Waals surface area contributed by atoms with E-state index in [1.54, 1.807) is 24.0 Å². The van der Waals surface area contributed by atoms with E-state index in [1.807, 2.05) is 51.1 Å². The van der Waals surface area contributed by atoms with Crippen LogP contribution in [-0.4, -0.2) is 23.5 Å². The normalized spacial score (nSPS) is 13.3. The third-order valence-corrected chi connectivity index (χ3v) is 5.67. The molecule has 0 fully saturated rings. The van der Waals surface area contributed by atoms with Gasteiger partial charge in [-0.1, -0.05) is 61.8 Å². The van der Waals surface area contributed by atoms with Crippen LogP contribution in [0.15, 0.2) is 47.0 Å². The fourth-order valence-corrected chi connectivity index (χ4v) is 3.97. The zero-order chi connectivity index (χ0) is 22.3. The average Bonchev–Trinajstić information content (AvgIpc) is 3.30. The van der Waals surface area contributed by atoms with Crippen molar-refractivity contribution in [2.24, 2.45) is 5.41 Å². The molecule has 0 aliphatic carbocycles. The number of aromatic nitrogens is 1. The zero-order valence-corrected chi connectivity index (χ0v) is 18.7. The van der Waals surface area contributed by atoms with E-state index < -0.39 is 5.41 Å². The number of hydrogen-bond acceptors (Lipinski definition) is 4. The SMILES string of the molecule is Cc1onc(-c2ccccc2Cl)c1C(=O)Nc1ccc2c(c1)N(C(=O)C(C)(C)C)CC2. The van der Waals surface area contributed by atoms with Gasteiger partial charge in [0.05, 0.1) is 5.02 Å². The van der Waals surface area contributed by atoms with Gasteiger partial charge in [0.25, 0.3) is 5.91 Å². The van der Waals surface area contributed by atoms with E-state index in [1.165, 1.54) is 0 Å². The fraction of sp³-hybridized carbons (Fsp3) is 0.292. The van der Waals surface area contributed by atoms with Crippen molar-refractivity contribution < 1.29 is 14.1 Å². The Morgan fingerprint density at radius 2 is 1.90 bits per heavy atom. The maximum absolute atomic E-state index is 13.1. The Morgan fingerprint density at radius 1 is 1.16 bits per heavy atom. The van der Waals surface area contributed by atoms with Crippen LogP contribution >= 0.6 is 11.6 Å². The van der Waals surface area contributed by atoms with Crippen LogP contribution in [0.25, 0.3) is 11.3 Å². The summed E-state index contributed by atoms with van der Waals surface area (Å²) in [5.41, 5.74) is 3.40. The number of halogens is 1. The highest BCUT2D eigenvalue weighted by Gasteiger charge is 2.32. The Labute approximate surface area is 186 Å². The maximum Gasteiger partial charge on any atom is 0.261 e. The molecule has 2 heterocycles. The first kappa shape index (κ1) is 21.1. The lowest BCUT2D eigenvalue weighted by atomic mass is 9.94. The number of aryl methyl sites for hydroxylation is 1. The Morgan fingerprint density at radius 3 is 2.61 bits per heavy atom. The summed E-state index contributed by atoms with van der Waals surface area (Å²) in [6, 6.07) is 12.8. The van der Waals surface area contributed by atoms with E-state index in [9.17, 15) is 9.59 Å². The van der Waals surface area contributed by atoms with Gasteiger partial charge >= 0.3 is 0 Å². The summed E-state index contributed by atoms with van der Waals surface area (Å²) in [5.74, 6) is 0.115. The molecule has 0 saturated carbocycles. The van der Waals surface area contributed by atoms with Crippen molar-refractivity contribution in [3.05, 3.63) is 64.4 Å². The molecule has 1 aliphatic rings. The Kier molecular flexibility index (Phi) is 5.35. The molecule has 0 bridgehead atoms. The Hall–Kier alpha value is -3.12. The lowest BCUT2D eigenvalue weighted by Crippen LogP contribution is -2.38. The topological polar surface area (TPSA) is 75.4 Å². The standard InChI is InChI=1S/C24H24ClN3O3/c1-14-20(21(27-31-14)17-7-5-6-8-18(17)25)22(29)26-16-10-9-15-11-12-28(19(15)13-16)23(30)24(2,3)4/h5-10,13H,11-12H2,1-4H3,(H,26,29). The summed E-state index contributed by atoms with van der Waals surface area (Å²) in [4.78, 5) is 27.8. The van der Waals surface area contributed by atoms with Crippen LogP contribution in [-0.2, 0) is 11.2 Å². The van der Waals surface area contributed by atoms with Crippen molar-refractivity contribution in [2.45, 2.75) is 34.1 Å². The number of nitrogens with one attached hydrogen (secondary N) is 1. The van der Waals surface area contributed by atoms with Crippen molar-refractivity contribution in [1.29, 1.82) is 0 Å². The van der Waals surface area contributed by atoms with Crippen molar-refractivity contribution in [2.75, 3.05) is 16.8 Å². The number of amides is 2. The molecule has 6 nitrogen and oxygen atoms in total. The first-order valence-electron chi connectivity index (χ1n) is 10.1. The number of nitrogens with zero attached hydrogens (tertiary/aromatic N) is 2. The van der Waals surface area contributed by atoms with Crippen LogP contribution < -0.4 is 10.2 Å². The molecule has 0 atom stereocenters. The minimum atomic E-state index is -0.482. The van der Waals surface area contributed by atoms with Crippen LogP contribution in [0.5, 0.6) is 0 Å². The van der Waals surface area contributed by atoms with Crippen LogP contribution in [0.4, 0.5) is 11.4 Å². The van der Waals surface area contributed by atoms with Crippen LogP contribution in [0, 0.1) is 12.3 Å². The van der Waals surface area contributed by atoms with Gasteiger partial charge in [-0.3, -0.25) is 9.59 Å². The maximum atomic E-state index is 13.1. The van der Waals surface area contributed by atoms with Gasteiger partial charge in [-0.2, -0.15) is 0 Å². The summed E-state index contributed by atoms with van der Waals surface area (Å²) in [7, 11) is 0. The Balaban J connectivity index is 1.64. The minimum absolute atomic E-state index is 0.0608. The molecule has 1 aromatic heterocycles. The van der Waals surface area contributed by atoms with E-state index in [-0.39, 0.29) is 11.8 Å². The third-order valence-electron chi connectivity index (χ3n) is 5.34. The fourth-order valence-electron chi connectivity index (χ4n) is 3.74. The number of carbonyl (C=O) groups is 2. The minimum Gasteiger partial charge on any atom is -0.360 e. The molecule has 0 saturated heterocycles. The van der Waals surface area contributed by atoms with Crippen LogP contribution in [0.2, 0.25) is 5.02 Å². The van der Waals surface area contributed by atoms with Gasteiger partial charge in [0.1, 0.15) is 17.0 Å². The number of carbonyl (C=O) groups excluding carboxylic acids is 2. The van der Waals surface area contributed by atoms with E-state index in [4.69, 9.17) is 16.1 Å². The molecular formula is C24H24ClN3O3. The number of benzene rings is 2. The van der Waals surface area contributed by atoms with Gasteiger partial charge in [-0.05, 0) is 37.1 Å². The molecule has 160 valence electrons. The van der Waals surface area contributed by atoms with Crippen LogP contribution in [0.3, 0.4) is 0 Å². The second-order valence-electron chi connectivity index (χ2n) is 8.70. The molecule has 0 radical (unpaired) electrons. The molecule has 31 heavy (non-hydrogen) atoms. The summed E-state index contributed by atoms with van der Waals surface area (Å²) < 4.78 is 5.30. The van der Waals surface area contributed by atoms with Crippen molar-refractivity contribution in [3.63, 3.8) is 0 Å². The van der Waals surface area contributed by atoms with Gasteiger partial charge in [-0.25, -0.2) is 0 Å². The highest BCUT2D eigenvalue weighted by Crippen LogP contribution is 2.35. The molecule has 0 unspecified atom stereocenters. The quantitative estimate of drug-likeness (QED) is 0.587. The van der Waals surface area contributed by atoms with E-state index in [0.29, 0.717) is 39.8 Å². The third kappa shape index (κ3) is 3.95. The number of anilines is 2. The molecule has 2 amide bonds. The monoisotopic (exact) mass is 437 g/mol. The lowest BCUT2D eigenvalue weighted by Gasteiger charge is -2.26. The predicted octanol–water partition coefficient (Wildman–Crippen LogP) is 5.49. The highest BCUT2D eigenvalue weighted by atomic mass is 35.5. The molecule has 0 spiro atoms. The highest BCUT2D eigenvalue weighted by molar-refractivity contribution is 6.33. The Bertz CT molecular complexity index is 1180. The molecule has 1 aliphatic heterocycles. The molecular weight excluding hydrogens is 414 g/mol. The molecule has 7 heteroatoms. The van der Waals surface area contributed by atoms with Gasteiger partial charge in [0.2, 0.25) is 5.91 Å². The van der Waals surface area contributed by atoms with Gasteiger partial charge in [0.15, 0.2) is 0 Å². The summed E-state index contributed by atoms with van der Waals surface area (Å²) in [6.45, 7) is 8.05. The van der Waals surface area contributed by atoms with Crippen molar-refractivity contribution in [3.8, 4) is 11.3 Å². The number of fused-ring (bicyclic) bond motifs is 1. The molecule has 4 rings (SSSR count). The number of hydrogen-bond donors (Lipinski definition) is 1. The molecule has 2 aromatic carbocycles. The molecule has 3 aromatic rings. The average molecular weight is 438 g/mol. The van der Waals surface area contributed by atoms with Gasteiger partial charge < -0.3 is 14.7 Å². The first-order valence-corrected chi connectivity index (χ1v) is 10.5. The largest absolute Gasteiger partial charge is 0.360 e. The van der Waals surface area contributed by atoms with Crippen molar-refractivity contribution in [1.82, 2.24) is 5.16 Å². The number of rotatable bonds is 3. The first-order chi connectivity index (χ1) is 14.7. The zero-order valence-electron chi connectivity index (χ0n) is 18.0. The van der Waals surface area contributed by atoms with Gasteiger partial charge in [0, 0.05) is 28.9 Å².